The van der Waals surface area contributed by atoms with Crippen LogP contribution in [0.1, 0.15) is 20.7 Å². The quantitative estimate of drug-likeness (QED) is 0.176. The fraction of sp³-hybridized carbons (Fsp3) is 0. The summed E-state index contributed by atoms with van der Waals surface area (Å²) in [6.45, 7) is 0. The van der Waals surface area contributed by atoms with Crippen molar-refractivity contribution in [3.8, 4) is 45.6 Å². The highest BCUT2D eigenvalue weighted by Crippen LogP contribution is 2.38. The minimum absolute atomic E-state index is 0.166. The highest BCUT2D eigenvalue weighted by Gasteiger charge is 2.27. The molecule has 0 saturated heterocycles. The number of hydrogen-bond donors (Lipinski definition) is 4. The highest BCUT2D eigenvalue weighted by atomic mass is 16.4. The molecule has 2 aliphatic rings. The van der Waals surface area contributed by atoms with Gasteiger partial charge in [0.2, 0.25) is 0 Å². The Labute approximate surface area is 257 Å². The zero-order valence-corrected chi connectivity index (χ0v) is 23.5. The van der Waals surface area contributed by atoms with Crippen LogP contribution >= 0.6 is 0 Å². The van der Waals surface area contributed by atoms with Crippen LogP contribution < -0.4 is 0 Å². The van der Waals surface area contributed by atoms with Crippen molar-refractivity contribution in [3.05, 3.63) is 96.1 Å². The number of benzene rings is 4. The second-order valence-electron chi connectivity index (χ2n) is 10.8. The smallest absolute Gasteiger partial charge is 0.336 e. The number of nitrogens with zero attached hydrogens (tertiary/aromatic N) is 6. The molecule has 2 aliphatic heterocycles. The molecule has 0 amide bonds. The van der Waals surface area contributed by atoms with E-state index in [1.165, 1.54) is 12.1 Å². The van der Waals surface area contributed by atoms with E-state index < -0.39 is 11.9 Å². The van der Waals surface area contributed by atoms with E-state index in [0.717, 1.165) is 32.7 Å². The van der Waals surface area contributed by atoms with E-state index in [9.17, 15) is 19.8 Å². The Morgan fingerprint density at radius 2 is 0.739 bits per heavy atom. The number of aromatic nitrogens is 8. The van der Waals surface area contributed by atoms with Crippen LogP contribution in [-0.4, -0.2) is 62.0 Å². The molecule has 7 aromatic rings. The topological polar surface area (TPSA) is 184 Å². The van der Waals surface area contributed by atoms with Crippen LogP contribution in [0.5, 0.6) is 0 Å². The summed E-state index contributed by atoms with van der Waals surface area (Å²) in [4.78, 5) is 60.0. The summed E-state index contributed by atoms with van der Waals surface area (Å²) in [5.74, 6) is -1.48. The van der Waals surface area contributed by atoms with E-state index in [4.69, 9.17) is 29.9 Å². The van der Waals surface area contributed by atoms with Crippen molar-refractivity contribution < 1.29 is 19.8 Å². The van der Waals surface area contributed by atoms with Gasteiger partial charge in [0.05, 0.1) is 11.1 Å². The molecule has 12 heteroatoms. The number of aromatic amines is 2. The van der Waals surface area contributed by atoms with Crippen LogP contribution in [0, 0.1) is 0 Å². The first-order chi connectivity index (χ1) is 22.4. The monoisotopic (exact) mass is 602 g/mol. The van der Waals surface area contributed by atoms with E-state index in [1.54, 1.807) is 0 Å². The van der Waals surface area contributed by atoms with E-state index in [1.807, 2.05) is 72.8 Å². The molecule has 5 heterocycles. The number of aromatic carboxylic acids is 2. The number of carboxylic acid groups (broad SMARTS) is 2. The van der Waals surface area contributed by atoms with Crippen molar-refractivity contribution >= 4 is 56.1 Å². The van der Waals surface area contributed by atoms with E-state index in [0.29, 0.717) is 45.4 Å². The Morgan fingerprint density at radius 3 is 1.07 bits per heavy atom. The number of rotatable bonds is 2. The van der Waals surface area contributed by atoms with Gasteiger partial charge in [0.1, 0.15) is 22.6 Å². The lowest BCUT2D eigenvalue weighted by atomic mass is 9.98. The van der Waals surface area contributed by atoms with Gasteiger partial charge in [-0.3, -0.25) is 0 Å². The minimum Gasteiger partial charge on any atom is -0.478 e. The Hall–Kier alpha value is -6.82. The number of hydrogen-bond acceptors (Lipinski definition) is 8. The van der Waals surface area contributed by atoms with Gasteiger partial charge in [-0.2, -0.15) is 0 Å². The van der Waals surface area contributed by atoms with Gasteiger partial charge in [-0.15, -0.1) is 0 Å². The number of nitrogens with one attached hydrogen (secondary N) is 2. The van der Waals surface area contributed by atoms with E-state index in [-0.39, 0.29) is 22.8 Å². The first-order valence-electron chi connectivity index (χ1n) is 14.2. The Balaban J connectivity index is 1.49. The maximum absolute atomic E-state index is 12.1. The lowest BCUT2D eigenvalue weighted by Crippen LogP contribution is -2.08. The summed E-state index contributed by atoms with van der Waals surface area (Å²) >= 11 is 0. The Kier molecular flexibility index (Phi) is 5.21. The van der Waals surface area contributed by atoms with Crippen LogP contribution in [0.2, 0.25) is 0 Å². The fourth-order valence-electron chi connectivity index (χ4n) is 6.04. The van der Waals surface area contributed by atoms with Crippen LogP contribution in [0.4, 0.5) is 0 Å². The molecule has 8 bridgehead atoms. The average molecular weight is 603 g/mol. The largest absolute Gasteiger partial charge is 0.478 e. The molecule has 4 N–H and O–H groups in total. The first kappa shape index (κ1) is 25.7. The van der Waals surface area contributed by atoms with Crippen molar-refractivity contribution in [1.29, 1.82) is 0 Å². The molecule has 0 atom stereocenters. The lowest BCUT2D eigenvalue weighted by molar-refractivity contribution is 0.0651. The molecule has 3 aromatic heterocycles. The van der Waals surface area contributed by atoms with Gasteiger partial charge in [0.15, 0.2) is 23.3 Å². The van der Waals surface area contributed by atoms with Crippen LogP contribution in [0.3, 0.4) is 0 Å². The molecule has 0 spiro atoms. The van der Waals surface area contributed by atoms with Gasteiger partial charge >= 0.3 is 11.9 Å². The molecule has 218 valence electrons. The van der Waals surface area contributed by atoms with Gasteiger partial charge in [-0.1, -0.05) is 72.8 Å². The predicted molar refractivity (Wildman–Crippen MR) is 170 cm³/mol. The third-order valence-corrected chi connectivity index (χ3v) is 8.15. The summed E-state index contributed by atoms with van der Waals surface area (Å²) in [5.41, 5.74) is 3.44. The molecule has 12 nitrogen and oxygen atoms in total. The van der Waals surface area contributed by atoms with Gasteiger partial charge in [0.25, 0.3) is 0 Å². The second-order valence-corrected chi connectivity index (χ2v) is 10.8. The first-order valence-corrected chi connectivity index (χ1v) is 14.2. The van der Waals surface area contributed by atoms with Crippen molar-refractivity contribution in [2.45, 2.75) is 0 Å². The summed E-state index contributed by atoms with van der Waals surface area (Å²) in [5, 5.41) is 22.9. The SMILES string of the molecule is O=C(O)c1cc2c(cc1C(=O)O)-c1nc-2nc2[nH]c(nc3nc(nc4[nH]c(n1)c1ccccc41)-c1ccccc1-3)c1ccccc21. The molecular formula is C34H18N8O4. The van der Waals surface area contributed by atoms with Gasteiger partial charge in [-0.25, -0.2) is 39.5 Å². The number of carbonyl (C=O) groups is 2. The maximum atomic E-state index is 12.1. The Morgan fingerprint density at radius 1 is 0.435 bits per heavy atom. The van der Waals surface area contributed by atoms with Crippen molar-refractivity contribution in [2.24, 2.45) is 0 Å². The second kappa shape index (κ2) is 9.34. The molecule has 46 heavy (non-hydrogen) atoms. The van der Waals surface area contributed by atoms with Gasteiger partial charge < -0.3 is 20.2 Å². The molecule has 0 aliphatic carbocycles. The van der Waals surface area contributed by atoms with Gasteiger partial charge in [-0.05, 0) is 12.1 Å². The number of carboxylic acids is 2. The highest BCUT2D eigenvalue weighted by molar-refractivity contribution is 6.08. The van der Waals surface area contributed by atoms with E-state index in [2.05, 4.69) is 9.97 Å². The predicted octanol–water partition coefficient (Wildman–Crippen LogP) is 6.27. The van der Waals surface area contributed by atoms with Crippen LogP contribution in [0.15, 0.2) is 84.9 Å². The maximum Gasteiger partial charge on any atom is 0.336 e. The third-order valence-electron chi connectivity index (χ3n) is 8.15. The average Bonchev–Trinajstić information content (AvgIpc) is 3.79. The normalized spacial score (nSPS) is 11.8. The zero-order valence-electron chi connectivity index (χ0n) is 23.5. The molecule has 0 fully saturated rings. The fourth-order valence-corrected chi connectivity index (χ4v) is 6.04. The van der Waals surface area contributed by atoms with Crippen molar-refractivity contribution in [2.75, 3.05) is 0 Å². The minimum atomic E-state index is -1.38. The van der Waals surface area contributed by atoms with Crippen molar-refractivity contribution in [1.82, 2.24) is 39.9 Å². The van der Waals surface area contributed by atoms with Crippen LogP contribution in [-0.2, 0) is 0 Å². The lowest BCUT2D eigenvalue weighted by Gasteiger charge is -2.05. The van der Waals surface area contributed by atoms with Crippen LogP contribution in [0.25, 0.3) is 89.7 Å². The molecular weight excluding hydrogens is 584 g/mol. The molecule has 0 saturated carbocycles. The number of fused-ring (bicyclic) bond motifs is 20. The summed E-state index contributed by atoms with van der Waals surface area (Å²) in [7, 11) is 0. The zero-order chi connectivity index (χ0) is 31.1. The van der Waals surface area contributed by atoms with E-state index >= 15 is 0 Å². The summed E-state index contributed by atoms with van der Waals surface area (Å²) in [6, 6.07) is 25.5. The van der Waals surface area contributed by atoms with Crippen molar-refractivity contribution in [3.63, 3.8) is 0 Å². The third kappa shape index (κ3) is 3.73. The summed E-state index contributed by atoms with van der Waals surface area (Å²) in [6.07, 6.45) is 0. The van der Waals surface area contributed by atoms with Gasteiger partial charge in [0, 0.05) is 43.8 Å². The standard InChI is InChI=1S/C34H18N8O4/c43-33(44)23-13-21-22(14-24(23)34(45)46)32-41-30-20-12-6-4-10-18(20)28(39-30)37-26-16-8-2-1-7-15(16)25(35-26)36-27-17-9-3-5-11-19(17)29(38-27)40-31(21)42-32/h1-14H,(H,43,44)(H,45,46)(H2,35,36,37,38,39,40,41,42). The molecule has 4 aromatic carbocycles. The summed E-state index contributed by atoms with van der Waals surface area (Å²) < 4.78 is 0. The Bertz CT molecular complexity index is 2500. The molecule has 0 unspecified atom stereocenters. The molecule has 0 radical (unpaired) electrons. The number of H-pyrrole nitrogens is 2. The molecule has 9 rings (SSSR count).